The Balaban J connectivity index is 1.54. The first-order valence-corrected chi connectivity index (χ1v) is 10.4. The molecule has 0 saturated heterocycles. The summed E-state index contributed by atoms with van der Waals surface area (Å²) in [6.45, 7) is 4.56. The summed E-state index contributed by atoms with van der Waals surface area (Å²) in [6, 6.07) is 20.7. The van der Waals surface area contributed by atoms with E-state index in [0.29, 0.717) is 23.8 Å². The van der Waals surface area contributed by atoms with Gasteiger partial charge in [-0.2, -0.15) is 0 Å². The normalized spacial score (nSPS) is 10.5. The van der Waals surface area contributed by atoms with Crippen molar-refractivity contribution in [3.63, 3.8) is 0 Å². The highest BCUT2D eigenvalue weighted by Crippen LogP contribution is 2.19. The van der Waals surface area contributed by atoms with Gasteiger partial charge in [-0.1, -0.05) is 68.4 Å². The van der Waals surface area contributed by atoms with Crippen LogP contribution in [0, 0.1) is 5.92 Å². The van der Waals surface area contributed by atoms with Crippen LogP contribution < -0.4 is 20.9 Å². The molecule has 0 aliphatic rings. The molecular formula is C24H25N3O3S. The van der Waals surface area contributed by atoms with E-state index in [1.54, 1.807) is 24.3 Å². The van der Waals surface area contributed by atoms with Gasteiger partial charge < -0.3 is 4.74 Å². The number of benzene rings is 3. The molecule has 0 unspecified atom stereocenters. The van der Waals surface area contributed by atoms with Crippen LogP contribution >= 0.6 is 12.2 Å². The molecule has 0 saturated carbocycles. The second-order valence-corrected chi connectivity index (χ2v) is 7.88. The van der Waals surface area contributed by atoms with Gasteiger partial charge in [0.1, 0.15) is 5.75 Å². The van der Waals surface area contributed by atoms with Crippen LogP contribution in [0.4, 0.5) is 0 Å². The number of rotatable bonds is 6. The Morgan fingerprint density at radius 2 is 1.65 bits per heavy atom. The fraction of sp³-hybridized carbons (Fsp3) is 0.208. The van der Waals surface area contributed by atoms with E-state index in [1.807, 2.05) is 56.3 Å². The van der Waals surface area contributed by atoms with Gasteiger partial charge in [0.2, 0.25) is 5.91 Å². The average molecular weight is 436 g/mol. The van der Waals surface area contributed by atoms with Crippen molar-refractivity contribution < 1.29 is 14.3 Å². The number of para-hydroxylation sites is 1. The van der Waals surface area contributed by atoms with E-state index in [9.17, 15) is 9.59 Å². The molecule has 7 heteroatoms. The first-order valence-electron chi connectivity index (χ1n) is 10.0. The lowest BCUT2D eigenvalue weighted by atomic mass is 10.0. The Morgan fingerprint density at radius 3 is 2.45 bits per heavy atom. The predicted octanol–water partition coefficient (Wildman–Crippen LogP) is 3.75. The molecule has 31 heavy (non-hydrogen) atoms. The number of nitrogens with one attached hydrogen (secondary N) is 3. The summed E-state index contributed by atoms with van der Waals surface area (Å²) >= 11 is 5.14. The van der Waals surface area contributed by atoms with Crippen LogP contribution in [-0.2, 0) is 11.2 Å². The standard InChI is InChI=1S/C24H25N3O3S/c1-16(2)15-30-21-13-6-5-12-20(21)23(29)25-24(31)27-26-22(28)14-18-10-7-9-17-8-3-4-11-19(17)18/h3-13,16H,14-15H2,1-2H3,(H,26,28)(H2,25,27,29,31). The molecule has 0 atom stereocenters. The highest BCUT2D eigenvalue weighted by molar-refractivity contribution is 7.80. The minimum atomic E-state index is -0.417. The van der Waals surface area contributed by atoms with E-state index in [4.69, 9.17) is 17.0 Å². The summed E-state index contributed by atoms with van der Waals surface area (Å²) < 4.78 is 5.71. The van der Waals surface area contributed by atoms with Gasteiger partial charge in [0.25, 0.3) is 5.91 Å². The zero-order chi connectivity index (χ0) is 22.2. The third-order valence-electron chi connectivity index (χ3n) is 4.48. The number of carbonyl (C=O) groups is 2. The third kappa shape index (κ3) is 6.26. The van der Waals surface area contributed by atoms with Gasteiger partial charge in [-0.3, -0.25) is 25.8 Å². The Bertz CT molecular complexity index is 1090. The Labute approximate surface area is 187 Å². The molecule has 0 aliphatic heterocycles. The highest BCUT2D eigenvalue weighted by Gasteiger charge is 2.14. The van der Waals surface area contributed by atoms with Gasteiger partial charge >= 0.3 is 0 Å². The Morgan fingerprint density at radius 1 is 0.935 bits per heavy atom. The molecular weight excluding hydrogens is 410 g/mol. The number of ether oxygens (including phenoxy) is 1. The van der Waals surface area contributed by atoms with Crippen LogP contribution in [0.2, 0.25) is 0 Å². The lowest BCUT2D eigenvalue weighted by molar-refractivity contribution is -0.121. The molecule has 0 spiro atoms. The van der Waals surface area contributed by atoms with Gasteiger partial charge in [0.15, 0.2) is 5.11 Å². The molecule has 3 aromatic carbocycles. The second kappa shape index (κ2) is 10.5. The van der Waals surface area contributed by atoms with Crippen LogP contribution in [-0.4, -0.2) is 23.5 Å². The molecule has 0 heterocycles. The highest BCUT2D eigenvalue weighted by atomic mass is 32.1. The summed E-state index contributed by atoms with van der Waals surface area (Å²) in [5, 5.41) is 4.65. The molecule has 160 valence electrons. The van der Waals surface area contributed by atoms with Crippen LogP contribution in [0.25, 0.3) is 10.8 Å². The molecule has 0 aromatic heterocycles. The van der Waals surface area contributed by atoms with Crippen molar-refractivity contribution in [3.05, 3.63) is 77.9 Å². The number of carbonyl (C=O) groups excluding carboxylic acids is 2. The summed E-state index contributed by atoms with van der Waals surface area (Å²) in [4.78, 5) is 24.9. The van der Waals surface area contributed by atoms with Crippen molar-refractivity contribution in [2.75, 3.05) is 6.61 Å². The molecule has 6 nitrogen and oxygen atoms in total. The van der Waals surface area contributed by atoms with Crippen LogP contribution in [0.3, 0.4) is 0 Å². The van der Waals surface area contributed by atoms with E-state index < -0.39 is 5.91 Å². The molecule has 3 aromatic rings. The zero-order valence-electron chi connectivity index (χ0n) is 17.5. The second-order valence-electron chi connectivity index (χ2n) is 7.47. The summed E-state index contributed by atoms with van der Waals surface area (Å²) in [7, 11) is 0. The van der Waals surface area contributed by atoms with E-state index in [-0.39, 0.29) is 17.4 Å². The molecule has 0 radical (unpaired) electrons. The predicted molar refractivity (Wildman–Crippen MR) is 126 cm³/mol. The van der Waals surface area contributed by atoms with Gasteiger partial charge in [-0.15, -0.1) is 0 Å². The summed E-state index contributed by atoms with van der Waals surface area (Å²) in [6.07, 6.45) is 0.177. The maximum atomic E-state index is 12.6. The number of thiocarbonyl (C=S) groups is 1. The number of hydrogen-bond acceptors (Lipinski definition) is 4. The van der Waals surface area contributed by atoms with E-state index >= 15 is 0 Å². The fourth-order valence-corrected chi connectivity index (χ4v) is 3.17. The van der Waals surface area contributed by atoms with Crippen LogP contribution in [0.1, 0.15) is 29.8 Å². The van der Waals surface area contributed by atoms with E-state index in [2.05, 4.69) is 16.2 Å². The average Bonchev–Trinajstić information content (AvgIpc) is 2.76. The minimum absolute atomic E-state index is 0.00469. The van der Waals surface area contributed by atoms with Crippen molar-refractivity contribution >= 4 is 39.9 Å². The first-order chi connectivity index (χ1) is 14.9. The molecule has 3 N–H and O–H groups in total. The van der Waals surface area contributed by atoms with Crippen molar-refractivity contribution in [2.45, 2.75) is 20.3 Å². The SMILES string of the molecule is CC(C)COc1ccccc1C(=O)NC(=S)NNC(=O)Cc1cccc2ccccc12. The minimum Gasteiger partial charge on any atom is -0.492 e. The van der Waals surface area contributed by atoms with Gasteiger partial charge in [0.05, 0.1) is 18.6 Å². The van der Waals surface area contributed by atoms with Crippen LogP contribution in [0.5, 0.6) is 5.75 Å². The quantitative estimate of drug-likeness (QED) is 0.406. The van der Waals surface area contributed by atoms with Crippen molar-refractivity contribution in [1.29, 1.82) is 0 Å². The molecule has 3 rings (SSSR count). The zero-order valence-corrected chi connectivity index (χ0v) is 18.3. The molecule has 0 fully saturated rings. The lowest BCUT2D eigenvalue weighted by Gasteiger charge is -2.14. The molecule has 0 bridgehead atoms. The number of hydrazine groups is 1. The smallest absolute Gasteiger partial charge is 0.261 e. The van der Waals surface area contributed by atoms with Crippen molar-refractivity contribution in [3.8, 4) is 5.75 Å². The fourth-order valence-electron chi connectivity index (χ4n) is 3.03. The first kappa shape index (κ1) is 22.2. The largest absolute Gasteiger partial charge is 0.492 e. The third-order valence-corrected chi connectivity index (χ3v) is 4.68. The number of hydrogen-bond donors (Lipinski definition) is 3. The summed E-state index contributed by atoms with van der Waals surface area (Å²) in [5.41, 5.74) is 6.39. The molecule has 2 amide bonds. The van der Waals surface area contributed by atoms with Gasteiger partial charge in [-0.25, -0.2) is 0 Å². The van der Waals surface area contributed by atoms with E-state index in [1.165, 1.54) is 0 Å². The van der Waals surface area contributed by atoms with Crippen LogP contribution in [0.15, 0.2) is 66.7 Å². The summed E-state index contributed by atoms with van der Waals surface area (Å²) in [5.74, 6) is 0.126. The maximum absolute atomic E-state index is 12.6. The molecule has 0 aliphatic carbocycles. The van der Waals surface area contributed by atoms with Gasteiger partial charge in [-0.05, 0) is 46.6 Å². The topological polar surface area (TPSA) is 79.5 Å². The lowest BCUT2D eigenvalue weighted by Crippen LogP contribution is -2.48. The van der Waals surface area contributed by atoms with E-state index in [0.717, 1.165) is 16.3 Å². The Kier molecular flexibility index (Phi) is 7.56. The maximum Gasteiger partial charge on any atom is 0.261 e. The number of amides is 2. The monoisotopic (exact) mass is 435 g/mol. The Hall–Kier alpha value is -3.45. The number of fused-ring (bicyclic) bond motifs is 1. The van der Waals surface area contributed by atoms with Crippen molar-refractivity contribution in [1.82, 2.24) is 16.2 Å². The van der Waals surface area contributed by atoms with Gasteiger partial charge in [0, 0.05) is 0 Å². The van der Waals surface area contributed by atoms with Crippen molar-refractivity contribution in [2.24, 2.45) is 5.92 Å².